The van der Waals surface area contributed by atoms with E-state index in [-0.39, 0.29) is 12.5 Å². The van der Waals surface area contributed by atoms with Crippen molar-refractivity contribution < 1.29 is 4.79 Å². The predicted octanol–water partition coefficient (Wildman–Crippen LogP) is 2.89. The highest BCUT2D eigenvalue weighted by Gasteiger charge is 2.08. The van der Waals surface area contributed by atoms with E-state index in [0.29, 0.717) is 22.7 Å². The second kappa shape index (κ2) is 7.11. The van der Waals surface area contributed by atoms with Gasteiger partial charge in [-0.15, -0.1) is 0 Å². The largest absolute Gasteiger partial charge is 0.325 e. The third-order valence-electron chi connectivity index (χ3n) is 2.53. The predicted molar refractivity (Wildman–Crippen MR) is 84.0 cm³/mol. The van der Waals surface area contributed by atoms with Crippen molar-refractivity contribution in [2.45, 2.75) is 6.42 Å². The average molecular weight is 305 g/mol. The molecular weight excluding hydrogens is 292 g/mol. The monoisotopic (exact) mass is 304 g/mol. The molecule has 0 saturated heterocycles. The van der Waals surface area contributed by atoms with Crippen molar-refractivity contribution in [1.29, 1.82) is 0 Å². The summed E-state index contributed by atoms with van der Waals surface area (Å²) in [5.74, 6) is 5.59. The highest BCUT2D eigenvalue weighted by Crippen LogP contribution is 2.21. The lowest BCUT2D eigenvalue weighted by atomic mass is 10.1. The Balaban J connectivity index is 2.15. The van der Waals surface area contributed by atoms with Gasteiger partial charge in [0.25, 0.3) is 0 Å². The number of carbonyl (C=O) groups is 1. The summed E-state index contributed by atoms with van der Waals surface area (Å²) >= 11 is 7.52. The minimum absolute atomic E-state index is 0.0959. The van der Waals surface area contributed by atoms with Gasteiger partial charge in [-0.1, -0.05) is 23.4 Å². The molecule has 0 aliphatic carbocycles. The summed E-state index contributed by atoms with van der Waals surface area (Å²) in [5.41, 5.74) is 7.67. The normalized spacial score (nSPS) is 9.70. The van der Waals surface area contributed by atoms with Gasteiger partial charge in [-0.2, -0.15) is 11.3 Å². The number of hydrogen-bond donors (Lipinski definition) is 2. The van der Waals surface area contributed by atoms with Crippen LogP contribution in [-0.2, 0) is 11.2 Å². The molecule has 1 amide bonds. The van der Waals surface area contributed by atoms with Crippen molar-refractivity contribution in [2.24, 2.45) is 5.73 Å². The van der Waals surface area contributed by atoms with Crippen molar-refractivity contribution >= 4 is 34.5 Å². The lowest BCUT2D eigenvalue weighted by Gasteiger charge is -2.07. The van der Waals surface area contributed by atoms with E-state index < -0.39 is 0 Å². The van der Waals surface area contributed by atoms with E-state index in [2.05, 4.69) is 17.2 Å². The van der Waals surface area contributed by atoms with Crippen LogP contribution in [0.4, 0.5) is 5.69 Å². The molecule has 0 spiro atoms. The highest BCUT2D eigenvalue weighted by atomic mass is 35.5. The number of hydrogen-bond acceptors (Lipinski definition) is 3. The van der Waals surface area contributed by atoms with Gasteiger partial charge >= 0.3 is 0 Å². The molecule has 2 rings (SSSR count). The van der Waals surface area contributed by atoms with E-state index in [0.717, 1.165) is 5.56 Å². The Bertz CT molecular complexity index is 656. The number of amides is 1. The number of benzene rings is 1. The van der Waals surface area contributed by atoms with Crippen LogP contribution in [0, 0.1) is 11.8 Å². The summed E-state index contributed by atoms with van der Waals surface area (Å²) in [7, 11) is 0. The van der Waals surface area contributed by atoms with Gasteiger partial charge in [-0.05, 0) is 40.6 Å². The summed E-state index contributed by atoms with van der Waals surface area (Å²) in [6, 6.07) is 7.12. The number of rotatable bonds is 3. The SMILES string of the molecule is NCC#Cc1ccc(Cl)cc1NC(=O)Cc1ccsc1. The van der Waals surface area contributed by atoms with Crippen LogP contribution < -0.4 is 11.1 Å². The molecule has 3 N–H and O–H groups in total. The zero-order valence-electron chi connectivity index (χ0n) is 10.7. The first-order valence-electron chi connectivity index (χ1n) is 5.98. The maximum Gasteiger partial charge on any atom is 0.228 e. The Hall–Kier alpha value is -1.80. The van der Waals surface area contributed by atoms with Crippen LogP contribution in [0.15, 0.2) is 35.0 Å². The Labute approximate surface area is 126 Å². The van der Waals surface area contributed by atoms with Gasteiger partial charge in [0.05, 0.1) is 18.7 Å². The summed E-state index contributed by atoms with van der Waals surface area (Å²) in [6.45, 7) is 0.269. The Morgan fingerprint density at radius 3 is 2.95 bits per heavy atom. The summed E-state index contributed by atoms with van der Waals surface area (Å²) < 4.78 is 0. The second-order valence-electron chi connectivity index (χ2n) is 4.05. The van der Waals surface area contributed by atoms with E-state index in [1.54, 1.807) is 29.5 Å². The molecule has 1 heterocycles. The Morgan fingerprint density at radius 2 is 2.25 bits per heavy atom. The maximum atomic E-state index is 12.0. The van der Waals surface area contributed by atoms with Crippen molar-refractivity contribution in [1.82, 2.24) is 0 Å². The minimum Gasteiger partial charge on any atom is -0.325 e. The van der Waals surface area contributed by atoms with Crippen LogP contribution in [0.2, 0.25) is 5.02 Å². The number of carbonyl (C=O) groups excluding carboxylic acids is 1. The zero-order chi connectivity index (χ0) is 14.4. The smallest absolute Gasteiger partial charge is 0.228 e. The molecule has 0 atom stereocenters. The average Bonchev–Trinajstić information content (AvgIpc) is 2.90. The number of nitrogens with one attached hydrogen (secondary N) is 1. The van der Waals surface area contributed by atoms with Gasteiger partial charge in [0.2, 0.25) is 5.91 Å². The summed E-state index contributed by atoms with van der Waals surface area (Å²) in [4.78, 5) is 12.0. The van der Waals surface area contributed by atoms with Crippen molar-refractivity contribution in [3.05, 3.63) is 51.2 Å². The second-order valence-corrected chi connectivity index (χ2v) is 5.27. The van der Waals surface area contributed by atoms with Crippen LogP contribution in [0.1, 0.15) is 11.1 Å². The lowest BCUT2D eigenvalue weighted by molar-refractivity contribution is -0.115. The summed E-state index contributed by atoms with van der Waals surface area (Å²) in [6.07, 6.45) is 0.333. The molecule has 20 heavy (non-hydrogen) atoms. The number of nitrogens with two attached hydrogens (primary N) is 1. The lowest BCUT2D eigenvalue weighted by Crippen LogP contribution is -2.14. The Kier molecular flexibility index (Phi) is 5.19. The van der Waals surface area contributed by atoms with Crippen LogP contribution >= 0.6 is 22.9 Å². The molecule has 0 radical (unpaired) electrons. The fraction of sp³-hybridized carbons (Fsp3) is 0.133. The van der Waals surface area contributed by atoms with Crippen LogP contribution in [0.5, 0.6) is 0 Å². The van der Waals surface area contributed by atoms with Crippen molar-refractivity contribution in [2.75, 3.05) is 11.9 Å². The molecular formula is C15H13ClN2OS. The molecule has 0 unspecified atom stereocenters. The standard InChI is InChI=1S/C15H13ClN2OS/c16-13-4-3-12(2-1-6-17)14(9-13)18-15(19)8-11-5-7-20-10-11/h3-5,7,9-10H,6,8,17H2,(H,18,19). The summed E-state index contributed by atoms with van der Waals surface area (Å²) in [5, 5.41) is 7.28. The molecule has 2 aromatic rings. The highest BCUT2D eigenvalue weighted by molar-refractivity contribution is 7.08. The first-order chi connectivity index (χ1) is 9.69. The molecule has 0 fully saturated rings. The van der Waals surface area contributed by atoms with Crippen molar-refractivity contribution in [3.63, 3.8) is 0 Å². The fourth-order valence-electron chi connectivity index (χ4n) is 1.65. The maximum absolute atomic E-state index is 12.0. The number of halogens is 1. The zero-order valence-corrected chi connectivity index (χ0v) is 12.2. The Morgan fingerprint density at radius 1 is 1.40 bits per heavy atom. The topological polar surface area (TPSA) is 55.1 Å². The van der Waals surface area contributed by atoms with E-state index in [4.69, 9.17) is 17.3 Å². The van der Waals surface area contributed by atoms with Gasteiger partial charge in [0, 0.05) is 10.6 Å². The first-order valence-corrected chi connectivity index (χ1v) is 7.30. The number of anilines is 1. The molecule has 0 bridgehead atoms. The van der Waals surface area contributed by atoms with E-state index >= 15 is 0 Å². The van der Waals surface area contributed by atoms with Crippen LogP contribution in [0.25, 0.3) is 0 Å². The van der Waals surface area contributed by atoms with Gasteiger partial charge in [0.15, 0.2) is 0 Å². The van der Waals surface area contributed by atoms with Crippen LogP contribution in [0.3, 0.4) is 0 Å². The third-order valence-corrected chi connectivity index (χ3v) is 3.49. The molecule has 5 heteroatoms. The molecule has 1 aromatic carbocycles. The molecule has 102 valence electrons. The van der Waals surface area contributed by atoms with E-state index in [1.165, 1.54) is 0 Å². The number of thiophene rings is 1. The van der Waals surface area contributed by atoms with Gasteiger partial charge < -0.3 is 11.1 Å². The van der Waals surface area contributed by atoms with Crippen molar-refractivity contribution in [3.8, 4) is 11.8 Å². The first kappa shape index (κ1) is 14.6. The van der Waals surface area contributed by atoms with Gasteiger partial charge in [-0.3, -0.25) is 4.79 Å². The molecule has 0 saturated carbocycles. The van der Waals surface area contributed by atoms with E-state index in [1.807, 2.05) is 16.8 Å². The molecule has 1 aromatic heterocycles. The quantitative estimate of drug-likeness (QED) is 0.857. The van der Waals surface area contributed by atoms with Gasteiger partial charge in [-0.25, -0.2) is 0 Å². The molecule has 0 aliphatic rings. The minimum atomic E-state index is -0.0959. The molecule has 0 aliphatic heterocycles. The van der Waals surface area contributed by atoms with Gasteiger partial charge in [0.1, 0.15) is 0 Å². The third kappa shape index (κ3) is 4.10. The van der Waals surface area contributed by atoms with E-state index in [9.17, 15) is 4.79 Å². The fourth-order valence-corrected chi connectivity index (χ4v) is 2.49. The van der Waals surface area contributed by atoms with Crippen LogP contribution in [-0.4, -0.2) is 12.5 Å². The molecule has 3 nitrogen and oxygen atoms in total.